The minimum absolute atomic E-state index is 0.00508. The molecule has 2 atom stereocenters. The van der Waals surface area contributed by atoms with E-state index in [0.717, 1.165) is 51.4 Å². The molecule has 0 aromatic rings. The van der Waals surface area contributed by atoms with E-state index in [2.05, 4.69) is 55.6 Å². The van der Waals surface area contributed by atoms with Crippen LogP contribution in [0.5, 0.6) is 0 Å². The summed E-state index contributed by atoms with van der Waals surface area (Å²) in [6.45, 7) is 4.92. The van der Waals surface area contributed by atoms with Gasteiger partial charge in [-0.25, -0.2) is 0 Å². The van der Waals surface area contributed by atoms with Crippen LogP contribution in [0.3, 0.4) is 0 Å². The summed E-state index contributed by atoms with van der Waals surface area (Å²) in [6, 6.07) is -0.543. The Morgan fingerprint density at radius 1 is 0.406 bits per heavy atom. The number of hydrogen-bond donors (Lipinski definition) is 3. The predicted octanol–water partition coefficient (Wildman–Crippen LogP) is 19.2. The Hall–Kier alpha value is -1.92. The fraction of sp³-hybridized carbons (Fsp3) is 0.873. The molecule has 6 nitrogen and oxygen atoms in total. The molecule has 0 bridgehead atoms. The number of aliphatic hydroxyl groups is 2. The quantitative estimate of drug-likeness (QED) is 0.0321. The fourth-order valence-corrected chi connectivity index (χ4v) is 9.43. The second-order valence-electron chi connectivity index (χ2n) is 21.0. The van der Waals surface area contributed by atoms with Gasteiger partial charge in [-0.1, -0.05) is 269 Å². The maximum absolute atomic E-state index is 12.4. The Labute approximate surface area is 430 Å². The number of unbranched alkanes of at least 4 members (excludes halogenated alkanes) is 40. The van der Waals surface area contributed by atoms with Crippen LogP contribution in [0.4, 0.5) is 0 Å². The highest BCUT2D eigenvalue weighted by atomic mass is 16.5. The van der Waals surface area contributed by atoms with E-state index < -0.39 is 12.1 Å². The molecule has 0 fully saturated rings. The van der Waals surface area contributed by atoms with Gasteiger partial charge in [0.1, 0.15) is 0 Å². The van der Waals surface area contributed by atoms with Gasteiger partial charge in [0, 0.05) is 12.8 Å². The summed E-state index contributed by atoms with van der Waals surface area (Å²) in [5.41, 5.74) is 0. The van der Waals surface area contributed by atoms with Gasteiger partial charge in [0.15, 0.2) is 0 Å². The Morgan fingerprint density at radius 2 is 0.725 bits per heavy atom. The molecule has 406 valence electrons. The normalized spacial score (nSPS) is 12.8. The molecule has 0 radical (unpaired) electrons. The molecule has 0 aliphatic rings. The van der Waals surface area contributed by atoms with Crippen molar-refractivity contribution in [3.8, 4) is 0 Å². The lowest BCUT2D eigenvalue weighted by molar-refractivity contribution is -0.143. The highest BCUT2D eigenvalue weighted by Crippen LogP contribution is 2.17. The monoisotopic (exact) mass is 970 g/mol. The second kappa shape index (κ2) is 58.6. The van der Waals surface area contributed by atoms with E-state index in [0.29, 0.717) is 25.9 Å². The van der Waals surface area contributed by atoms with E-state index in [1.807, 2.05) is 0 Å². The molecule has 0 aromatic carbocycles. The molecule has 0 saturated heterocycles. The number of amides is 1. The SMILES string of the molecule is CCCCCC/C=C\C/C=C\CCCCCCCCCC(=O)OCCCCCCCCCCCCCC/C=C\CCCCCCCCCCC(=O)NC(CO)C(O)CCCCCCCCCCCC. The van der Waals surface area contributed by atoms with Gasteiger partial charge >= 0.3 is 5.97 Å². The zero-order valence-corrected chi connectivity index (χ0v) is 46.3. The number of allylic oxidation sites excluding steroid dienone is 6. The van der Waals surface area contributed by atoms with Crippen molar-refractivity contribution in [1.29, 1.82) is 0 Å². The van der Waals surface area contributed by atoms with Crippen LogP contribution in [0, 0.1) is 0 Å². The standard InChI is InChI=1S/C63H119NO5/c1-3-5-7-9-11-13-15-16-17-18-28-31-34-37-41-45-49-53-57-63(68)69-58-54-50-46-42-38-35-32-29-26-24-22-20-19-21-23-25-27-30-33-36-40-44-48-52-56-62(67)64-60(59-65)61(66)55-51-47-43-39-14-12-10-8-6-4-2/h13,15,17-18,21,23,60-61,65-66H,3-12,14,16,19-20,22,24-59H2,1-2H3,(H,64,67)/b15-13-,18-17-,23-21-. The summed E-state index contributed by atoms with van der Waals surface area (Å²) >= 11 is 0. The van der Waals surface area contributed by atoms with E-state index in [-0.39, 0.29) is 18.5 Å². The van der Waals surface area contributed by atoms with Gasteiger partial charge in [-0.3, -0.25) is 9.59 Å². The smallest absolute Gasteiger partial charge is 0.305 e. The molecule has 1 amide bonds. The first-order valence-corrected chi connectivity index (χ1v) is 30.7. The lowest BCUT2D eigenvalue weighted by Gasteiger charge is -2.22. The van der Waals surface area contributed by atoms with Crippen molar-refractivity contribution < 1.29 is 24.5 Å². The number of carbonyl (C=O) groups excluding carboxylic acids is 2. The van der Waals surface area contributed by atoms with Crippen molar-refractivity contribution in [3.63, 3.8) is 0 Å². The maximum atomic E-state index is 12.4. The van der Waals surface area contributed by atoms with Crippen LogP contribution in [-0.4, -0.2) is 47.4 Å². The fourth-order valence-electron chi connectivity index (χ4n) is 9.43. The molecular formula is C63H119NO5. The van der Waals surface area contributed by atoms with Crippen molar-refractivity contribution >= 4 is 11.9 Å². The van der Waals surface area contributed by atoms with Gasteiger partial charge in [0.05, 0.1) is 25.4 Å². The first kappa shape index (κ1) is 67.1. The number of esters is 1. The maximum Gasteiger partial charge on any atom is 0.305 e. The molecule has 0 heterocycles. The van der Waals surface area contributed by atoms with Crippen LogP contribution in [0.15, 0.2) is 36.5 Å². The Balaban J connectivity index is 3.38. The van der Waals surface area contributed by atoms with Gasteiger partial charge in [-0.2, -0.15) is 0 Å². The molecule has 0 saturated carbocycles. The van der Waals surface area contributed by atoms with Crippen molar-refractivity contribution in [1.82, 2.24) is 5.32 Å². The number of aliphatic hydroxyl groups excluding tert-OH is 2. The highest BCUT2D eigenvalue weighted by Gasteiger charge is 2.20. The molecule has 0 aliphatic heterocycles. The Morgan fingerprint density at radius 3 is 1.13 bits per heavy atom. The second-order valence-corrected chi connectivity index (χ2v) is 21.0. The summed E-state index contributed by atoms with van der Waals surface area (Å²) in [6.07, 6.45) is 73.0. The van der Waals surface area contributed by atoms with Crippen molar-refractivity contribution in [2.45, 2.75) is 341 Å². The van der Waals surface area contributed by atoms with E-state index in [1.54, 1.807) is 0 Å². The summed E-state index contributed by atoms with van der Waals surface area (Å²) in [5.74, 6) is -0.0359. The third-order valence-electron chi connectivity index (χ3n) is 14.2. The van der Waals surface area contributed by atoms with Gasteiger partial charge in [0.25, 0.3) is 0 Å². The van der Waals surface area contributed by atoms with E-state index in [4.69, 9.17) is 4.74 Å². The van der Waals surface area contributed by atoms with E-state index in [9.17, 15) is 19.8 Å². The molecule has 0 spiro atoms. The highest BCUT2D eigenvalue weighted by molar-refractivity contribution is 5.76. The minimum atomic E-state index is -0.665. The van der Waals surface area contributed by atoms with E-state index in [1.165, 1.54) is 244 Å². The zero-order chi connectivity index (χ0) is 50.0. The lowest BCUT2D eigenvalue weighted by atomic mass is 10.0. The summed E-state index contributed by atoms with van der Waals surface area (Å²) in [7, 11) is 0. The van der Waals surface area contributed by atoms with Crippen molar-refractivity contribution in [3.05, 3.63) is 36.5 Å². The molecule has 0 aliphatic carbocycles. The van der Waals surface area contributed by atoms with Crippen LogP contribution in [0.2, 0.25) is 0 Å². The first-order chi connectivity index (χ1) is 34.0. The number of hydrogen-bond acceptors (Lipinski definition) is 5. The van der Waals surface area contributed by atoms with E-state index >= 15 is 0 Å². The number of carbonyl (C=O) groups is 2. The van der Waals surface area contributed by atoms with Crippen molar-refractivity contribution in [2.75, 3.05) is 13.2 Å². The Bertz CT molecular complexity index is 1120. The molecule has 3 N–H and O–H groups in total. The molecule has 2 unspecified atom stereocenters. The zero-order valence-electron chi connectivity index (χ0n) is 46.3. The van der Waals surface area contributed by atoms with Gasteiger partial charge < -0.3 is 20.3 Å². The van der Waals surface area contributed by atoms with Crippen molar-refractivity contribution in [2.24, 2.45) is 0 Å². The van der Waals surface area contributed by atoms with Crippen LogP contribution in [0.1, 0.15) is 328 Å². The summed E-state index contributed by atoms with van der Waals surface area (Å²) in [4.78, 5) is 24.5. The number of rotatable bonds is 57. The van der Waals surface area contributed by atoms with Gasteiger partial charge in [-0.05, 0) is 83.5 Å². The predicted molar refractivity (Wildman–Crippen MR) is 301 cm³/mol. The van der Waals surface area contributed by atoms with Gasteiger partial charge in [0.2, 0.25) is 5.91 Å². The number of nitrogens with one attached hydrogen (secondary N) is 1. The third kappa shape index (κ3) is 55.2. The number of ether oxygens (including phenoxy) is 1. The van der Waals surface area contributed by atoms with Crippen LogP contribution in [0.25, 0.3) is 0 Å². The average Bonchev–Trinajstić information content (AvgIpc) is 3.35. The lowest BCUT2D eigenvalue weighted by Crippen LogP contribution is -2.45. The van der Waals surface area contributed by atoms with Crippen LogP contribution in [-0.2, 0) is 14.3 Å². The molecule has 6 heteroatoms. The molecule has 69 heavy (non-hydrogen) atoms. The van der Waals surface area contributed by atoms with Gasteiger partial charge in [-0.15, -0.1) is 0 Å². The summed E-state index contributed by atoms with van der Waals surface area (Å²) in [5, 5.41) is 23.1. The topological polar surface area (TPSA) is 95.9 Å². The van der Waals surface area contributed by atoms with Crippen LogP contribution >= 0.6 is 0 Å². The Kier molecular flexibility index (Phi) is 57.0. The minimum Gasteiger partial charge on any atom is -0.466 e. The third-order valence-corrected chi connectivity index (χ3v) is 14.2. The average molecular weight is 971 g/mol. The molecular weight excluding hydrogens is 851 g/mol. The molecule has 0 rings (SSSR count). The summed E-state index contributed by atoms with van der Waals surface area (Å²) < 4.78 is 5.49. The first-order valence-electron chi connectivity index (χ1n) is 30.7. The largest absolute Gasteiger partial charge is 0.466 e. The van der Waals surface area contributed by atoms with Crippen LogP contribution < -0.4 is 5.32 Å². The molecule has 0 aromatic heterocycles.